The number of β-amino-alcohol motifs (C(OH)–C–C–N with tert-alkyl or cyclic N) is 1. The molecule has 0 aromatic rings. The average Bonchev–Trinajstić information content (AvgIpc) is 1.93. The van der Waals surface area contributed by atoms with Gasteiger partial charge in [-0.15, -0.1) is 0 Å². The predicted octanol–water partition coefficient (Wildman–Crippen LogP) is 0.801. The van der Waals surface area contributed by atoms with Crippen LogP contribution in [-0.4, -0.2) is 41.9 Å². The molecule has 1 aliphatic rings. The highest BCUT2D eigenvalue weighted by molar-refractivity contribution is 4.72. The van der Waals surface area contributed by atoms with Crippen LogP contribution in [-0.2, 0) is 0 Å². The second-order valence-electron chi connectivity index (χ2n) is 3.32. The Hall–Kier alpha value is -0.150. The Kier molecular flexibility index (Phi) is 3.27. The van der Waals surface area contributed by atoms with E-state index in [0.29, 0.717) is 19.4 Å². The van der Waals surface area contributed by atoms with Gasteiger partial charge in [0.15, 0.2) is 0 Å². The lowest BCUT2D eigenvalue weighted by Crippen LogP contribution is -2.38. The predicted molar refractivity (Wildman–Crippen MR) is 42.3 cm³/mol. The maximum atomic E-state index is 12.6. The number of hydrogen-bond acceptors (Lipinski definition) is 2. The smallest absolute Gasteiger partial charge is 0.103 e. The third kappa shape index (κ3) is 3.16. The molecule has 1 rings (SSSR count). The molecule has 66 valence electrons. The van der Waals surface area contributed by atoms with Gasteiger partial charge in [0.2, 0.25) is 0 Å². The molecule has 1 unspecified atom stereocenters. The molecule has 0 bridgehead atoms. The average molecular weight is 161 g/mol. The zero-order chi connectivity index (χ0) is 8.27. The van der Waals surface area contributed by atoms with E-state index < -0.39 is 6.17 Å². The molecule has 1 atom stereocenters. The van der Waals surface area contributed by atoms with Gasteiger partial charge >= 0.3 is 0 Å². The molecule has 1 fully saturated rings. The Balaban J connectivity index is 2.17. The summed E-state index contributed by atoms with van der Waals surface area (Å²) in [6.45, 7) is 4.05. The summed E-state index contributed by atoms with van der Waals surface area (Å²) in [6.07, 6.45) is 0.366. The fraction of sp³-hybridized carbons (Fsp3) is 1.00. The Labute approximate surface area is 67.0 Å². The molecule has 3 heteroatoms. The summed E-state index contributed by atoms with van der Waals surface area (Å²) >= 11 is 0. The van der Waals surface area contributed by atoms with Gasteiger partial charge in [0, 0.05) is 19.6 Å². The van der Waals surface area contributed by atoms with Gasteiger partial charge in [-0.2, -0.15) is 0 Å². The van der Waals surface area contributed by atoms with Crippen LogP contribution in [0.3, 0.4) is 0 Å². The van der Waals surface area contributed by atoms with Gasteiger partial charge in [-0.25, -0.2) is 4.39 Å². The highest BCUT2D eigenvalue weighted by Crippen LogP contribution is 2.12. The van der Waals surface area contributed by atoms with E-state index >= 15 is 0 Å². The van der Waals surface area contributed by atoms with Crippen molar-refractivity contribution in [3.63, 3.8) is 0 Å². The normalized spacial score (nSPS) is 25.4. The van der Waals surface area contributed by atoms with Crippen molar-refractivity contribution in [2.75, 3.05) is 19.6 Å². The number of hydrogen-bond donors (Lipinski definition) is 1. The minimum atomic E-state index is -0.611. The van der Waals surface area contributed by atoms with Gasteiger partial charge in [0.05, 0.1) is 6.10 Å². The largest absolute Gasteiger partial charge is 0.392 e. The number of aliphatic hydroxyl groups excluding tert-OH is 1. The topological polar surface area (TPSA) is 23.5 Å². The van der Waals surface area contributed by atoms with Crippen molar-refractivity contribution >= 4 is 0 Å². The van der Waals surface area contributed by atoms with Crippen molar-refractivity contribution in [3.05, 3.63) is 0 Å². The van der Waals surface area contributed by atoms with Gasteiger partial charge in [-0.1, -0.05) is 0 Å². The molecule has 0 amide bonds. The minimum absolute atomic E-state index is 0.286. The third-order valence-electron chi connectivity index (χ3n) is 2.04. The Morgan fingerprint density at radius 2 is 2.09 bits per heavy atom. The lowest BCUT2D eigenvalue weighted by molar-refractivity contribution is 0.0898. The molecule has 1 saturated heterocycles. The highest BCUT2D eigenvalue weighted by atomic mass is 19.1. The number of halogens is 1. The summed E-state index contributed by atoms with van der Waals surface area (Å²) in [6, 6.07) is 0. The zero-order valence-electron chi connectivity index (χ0n) is 6.96. The zero-order valence-corrected chi connectivity index (χ0v) is 6.96. The molecule has 1 aliphatic heterocycles. The fourth-order valence-electron chi connectivity index (χ4n) is 1.46. The van der Waals surface area contributed by atoms with Gasteiger partial charge in [0.25, 0.3) is 0 Å². The standard InChI is InChI=1S/C8H16FNO/c1-7(11)6-10-4-2-8(9)3-5-10/h7-8,11H,2-6H2,1H3. The first-order valence-electron chi connectivity index (χ1n) is 4.23. The van der Waals surface area contributed by atoms with Crippen LogP contribution >= 0.6 is 0 Å². The summed E-state index contributed by atoms with van der Waals surface area (Å²) in [5.74, 6) is 0. The van der Waals surface area contributed by atoms with Crippen LogP contribution < -0.4 is 0 Å². The van der Waals surface area contributed by atoms with Crippen molar-refractivity contribution in [3.8, 4) is 0 Å². The molecule has 0 radical (unpaired) electrons. The minimum Gasteiger partial charge on any atom is -0.392 e. The first kappa shape index (κ1) is 8.94. The van der Waals surface area contributed by atoms with E-state index in [-0.39, 0.29) is 6.10 Å². The molecular weight excluding hydrogens is 145 g/mol. The molecular formula is C8H16FNO. The second-order valence-corrected chi connectivity index (χ2v) is 3.32. The summed E-state index contributed by atoms with van der Waals surface area (Å²) in [5.41, 5.74) is 0. The molecule has 0 saturated carbocycles. The molecule has 0 spiro atoms. The number of piperidine rings is 1. The Morgan fingerprint density at radius 1 is 1.55 bits per heavy atom. The maximum absolute atomic E-state index is 12.6. The number of aliphatic hydroxyl groups is 1. The van der Waals surface area contributed by atoms with E-state index in [4.69, 9.17) is 5.11 Å². The highest BCUT2D eigenvalue weighted by Gasteiger charge is 2.18. The quantitative estimate of drug-likeness (QED) is 0.647. The molecule has 0 aromatic heterocycles. The number of nitrogens with zero attached hydrogens (tertiary/aromatic N) is 1. The number of likely N-dealkylation sites (tertiary alicyclic amines) is 1. The van der Waals surface area contributed by atoms with Crippen LogP contribution in [0.1, 0.15) is 19.8 Å². The first-order valence-corrected chi connectivity index (χ1v) is 4.23. The molecule has 1 N–H and O–H groups in total. The second kappa shape index (κ2) is 4.02. The number of rotatable bonds is 2. The van der Waals surface area contributed by atoms with E-state index in [1.807, 2.05) is 0 Å². The van der Waals surface area contributed by atoms with Gasteiger partial charge < -0.3 is 10.0 Å². The monoisotopic (exact) mass is 161 g/mol. The number of alkyl halides is 1. The van der Waals surface area contributed by atoms with Crippen LogP contribution in [0.5, 0.6) is 0 Å². The molecule has 1 heterocycles. The van der Waals surface area contributed by atoms with Crippen molar-refractivity contribution in [2.24, 2.45) is 0 Å². The van der Waals surface area contributed by atoms with Crippen molar-refractivity contribution in [2.45, 2.75) is 32.0 Å². The van der Waals surface area contributed by atoms with Gasteiger partial charge in [-0.3, -0.25) is 0 Å². The summed E-state index contributed by atoms with van der Waals surface area (Å²) in [7, 11) is 0. The van der Waals surface area contributed by atoms with E-state index in [1.54, 1.807) is 6.92 Å². The van der Waals surface area contributed by atoms with Crippen molar-refractivity contribution in [1.29, 1.82) is 0 Å². The van der Waals surface area contributed by atoms with Crippen LogP contribution in [0.15, 0.2) is 0 Å². The van der Waals surface area contributed by atoms with Gasteiger partial charge in [-0.05, 0) is 19.8 Å². The summed E-state index contributed by atoms with van der Waals surface area (Å²) in [4.78, 5) is 2.11. The molecule has 0 aromatic carbocycles. The maximum Gasteiger partial charge on any atom is 0.103 e. The first-order chi connectivity index (χ1) is 5.18. The fourth-order valence-corrected chi connectivity index (χ4v) is 1.46. The third-order valence-corrected chi connectivity index (χ3v) is 2.04. The van der Waals surface area contributed by atoms with Gasteiger partial charge in [0.1, 0.15) is 6.17 Å². The van der Waals surface area contributed by atoms with E-state index in [1.165, 1.54) is 0 Å². The summed E-state index contributed by atoms with van der Waals surface area (Å²) in [5, 5.41) is 9.04. The van der Waals surface area contributed by atoms with Crippen LogP contribution in [0.2, 0.25) is 0 Å². The van der Waals surface area contributed by atoms with E-state index in [9.17, 15) is 4.39 Å². The van der Waals surface area contributed by atoms with Crippen LogP contribution in [0.25, 0.3) is 0 Å². The Bertz CT molecular complexity index is 111. The van der Waals surface area contributed by atoms with E-state index in [2.05, 4.69) is 4.90 Å². The Morgan fingerprint density at radius 3 is 2.55 bits per heavy atom. The van der Waals surface area contributed by atoms with Crippen molar-refractivity contribution in [1.82, 2.24) is 4.90 Å². The molecule has 2 nitrogen and oxygen atoms in total. The lowest BCUT2D eigenvalue weighted by Gasteiger charge is -2.29. The molecule has 0 aliphatic carbocycles. The molecule has 11 heavy (non-hydrogen) atoms. The lowest BCUT2D eigenvalue weighted by atomic mass is 10.1. The SMILES string of the molecule is CC(O)CN1CCC(F)CC1. The van der Waals surface area contributed by atoms with Crippen LogP contribution in [0.4, 0.5) is 4.39 Å². The van der Waals surface area contributed by atoms with E-state index in [0.717, 1.165) is 13.1 Å². The summed E-state index contributed by atoms with van der Waals surface area (Å²) < 4.78 is 12.6. The van der Waals surface area contributed by atoms with Crippen molar-refractivity contribution < 1.29 is 9.50 Å². The van der Waals surface area contributed by atoms with Crippen LogP contribution in [0, 0.1) is 0 Å².